The lowest BCUT2D eigenvalue weighted by molar-refractivity contribution is 0.340. The number of aromatic nitrogens is 2. The SMILES string of the molecule is CCc1ccccc1OCCSc1ncccn1. The minimum atomic E-state index is 0.667. The summed E-state index contributed by atoms with van der Waals surface area (Å²) in [5.41, 5.74) is 1.25. The lowest BCUT2D eigenvalue weighted by Gasteiger charge is -2.09. The smallest absolute Gasteiger partial charge is 0.187 e. The Hall–Kier alpha value is -1.55. The van der Waals surface area contributed by atoms with E-state index < -0.39 is 0 Å². The Labute approximate surface area is 112 Å². The molecule has 2 aromatic rings. The molecule has 0 spiro atoms. The summed E-state index contributed by atoms with van der Waals surface area (Å²) in [5, 5.41) is 0.796. The highest BCUT2D eigenvalue weighted by molar-refractivity contribution is 7.99. The van der Waals surface area contributed by atoms with Crippen LogP contribution in [-0.2, 0) is 6.42 Å². The molecule has 3 nitrogen and oxygen atoms in total. The summed E-state index contributed by atoms with van der Waals surface area (Å²) < 4.78 is 5.77. The zero-order valence-corrected chi connectivity index (χ0v) is 11.2. The Morgan fingerprint density at radius 1 is 1.11 bits per heavy atom. The molecule has 1 aromatic carbocycles. The Morgan fingerprint density at radius 2 is 1.89 bits per heavy atom. The van der Waals surface area contributed by atoms with Crippen molar-refractivity contribution in [2.45, 2.75) is 18.5 Å². The average molecular weight is 260 g/mol. The molecule has 94 valence electrons. The quantitative estimate of drug-likeness (QED) is 0.454. The molecule has 0 saturated carbocycles. The van der Waals surface area contributed by atoms with Gasteiger partial charge in [-0.15, -0.1) is 0 Å². The number of benzene rings is 1. The zero-order valence-electron chi connectivity index (χ0n) is 10.4. The van der Waals surface area contributed by atoms with Gasteiger partial charge in [0.05, 0.1) is 6.61 Å². The number of ether oxygens (including phenoxy) is 1. The Kier molecular flexibility index (Phi) is 5.02. The summed E-state index contributed by atoms with van der Waals surface area (Å²) in [4.78, 5) is 8.31. The number of nitrogens with zero attached hydrogens (tertiary/aromatic N) is 2. The topological polar surface area (TPSA) is 35.0 Å². The van der Waals surface area contributed by atoms with E-state index in [0.29, 0.717) is 6.61 Å². The molecule has 0 aliphatic rings. The van der Waals surface area contributed by atoms with E-state index in [1.165, 1.54) is 5.56 Å². The van der Waals surface area contributed by atoms with Gasteiger partial charge in [0.25, 0.3) is 0 Å². The molecule has 0 N–H and O–H groups in total. The molecule has 0 unspecified atom stereocenters. The number of rotatable bonds is 6. The van der Waals surface area contributed by atoms with Crippen LogP contribution in [0.3, 0.4) is 0 Å². The van der Waals surface area contributed by atoms with Gasteiger partial charge >= 0.3 is 0 Å². The normalized spacial score (nSPS) is 10.3. The highest BCUT2D eigenvalue weighted by Crippen LogP contribution is 2.19. The maximum absolute atomic E-state index is 5.77. The molecule has 18 heavy (non-hydrogen) atoms. The molecule has 0 aliphatic carbocycles. The second kappa shape index (κ2) is 7.01. The fourth-order valence-corrected chi connectivity index (χ4v) is 2.20. The molecule has 0 amide bonds. The van der Waals surface area contributed by atoms with E-state index >= 15 is 0 Å². The van der Waals surface area contributed by atoms with Gasteiger partial charge in [-0.3, -0.25) is 0 Å². The molecule has 0 aliphatic heterocycles. The molecule has 0 radical (unpaired) electrons. The molecule has 1 aromatic heterocycles. The van der Waals surface area contributed by atoms with Crippen molar-refractivity contribution < 1.29 is 4.74 Å². The van der Waals surface area contributed by atoms with Gasteiger partial charge in [-0.05, 0) is 24.1 Å². The number of hydrogen-bond donors (Lipinski definition) is 0. The maximum Gasteiger partial charge on any atom is 0.187 e. The summed E-state index contributed by atoms with van der Waals surface area (Å²) in [7, 11) is 0. The first-order valence-corrected chi connectivity index (χ1v) is 6.99. The Morgan fingerprint density at radius 3 is 2.67 bits per heavy atom. The molecular formula is C14H16N2OS. The lowest BCUT2D eigenvalue weighted by Crippen LogP contribution is -2.02. The van der Waals surface area contributed by atoms with Crippen LogP contribution in [0.15, 0.2) is 47.9 Å². The highest BCUT2D eigenvalue weighted by atomic mass is 32.2. The fraction of sp³-hybridized carbons (Fsp3) is 0.286. The molecule has 0 saturated heterocycles. The van der Waals surface area contributed by atoms with Gasteiger partial charge in [0, 0.05) is 18.1 Å². The molecule has 4 heteroatoms. The summed E-state index contributed by atoms with van der Waals surface area (Å²) >= 11 is 1.61. The van der Waals surface area contributed by atoms with E-state index in [4.69, 9.17) is 4.74 Å². The van der Waals surface area contributed by atoms with E-state index in [0.717, 1.165) is 23.1 Å². The van der Waals surface area contributed by atoms with Gasteiger partial charge in [-0.2, -0.15) is 0 Å². The third-order valence-corrected chi connectivity index (χ3v) is 3.31. The summed E-state index contributed by atoms with van der Waals surface area (Å²) in [6, 6.07) is 9.98. The zero-order chi connectivity index (χ0) is 12.6. The van der Waals surface area contributed by atoms with Crippen LogP contribution in [0.1, 0.15) is 12.5 Å². The van der Waals surface area contributed by atoms with Crippen LogP contribution >= 0.6 is 11.8 Å². The predicted octanol–water partition coefficient (Wildman–Crippen LogP) is 3.21. The third-order valence-electron chi connectivity index (χ3n) is 2.47. The van der Waals surface area contributed by atoms with Crippen molar-refractivity contribution >= 4 is 11.8 Å². The van der Waals surface area contributed by atoms with Crippen LogP contribution in [0, 0.1) is 0 Å². The van der Waals surface area contributed by atoms with Crippen LogP contribution in [0.2, 0.25) is 0 Å². The number of para-hydroxylation sites is 1. The van der Waals surface area contributed by atoms with Gasteiger partial charge in [-0.25, -0.2) is 9.97 Å². The standard InChI is InChI=1S/C14H16N2OS/c1-2-12-6-3-4-7-13(12)17-10-11-18-14-15-8-5-9-16-14/h3-9H,2,10-11H2,1H3. The van der Waals surface area contributed by atoms with Crippen molar-refractivity contribution in [3.63, 3.8) is 0 Å². The van der Waals surface area contributed by atoms with Crippen molar-refractivity contribution in [1.82, 2.24) is 9.97 Å². The van der Waals surface area contributed by atoms with Crippen molar-refractivity contribution in [3.05, 3.63) is 48.3 Å². The van der Waals surface area contributed by atoms with E-state index in [1.807, 2.05) is 24.3 Å². The van der Waals surface area contributed by atoms with E-state index in [2.05, 4.69) is 23.0 Å². The van der Waals surface area contributed by atoms with Gasteiger partial charge in [0.15, 0.2) is 5.16 Å². The summed E-state index contributed by atoms with van der Waals surface area (Å²) in [6.07, 6.45) is 4.50. The monoisotopic (exact) mass is 260 g/mol. The number of aryl methyl sites for hydroxylation is 1. The van der Waals surface area contributed by atoms with Crippen LogP contribution < -0.4 is 4.74 Å². The van der Waals surface area contributed by atoms with Crippen LogP contribution in [-0.4, -0.2) is 22.3 Å². The minimum absolute atomic E-state index is 0.667. The summed E-state index contributed by atoms with van der Waals surface area (Å²) in [5.74, 6) is 1.83. The Balaban J connectivity index is 1.78. The van der Waals surface area contributed by atoms with Crippen molar-refractivity contribution in [2.24, 2.45) is 0 Å². The van der Waals surface area contributed by atoms with Crippen LogP contribution in [0.4, 0.5) is 0 Å². The van der Waals surface area contributed by atoms with Crippen LogP contribution in [0.5, 0.6) is 5.75 Å². The molecule has 0 fully saturated rings. The van der Waals surface area contributed by atoms with Crippen molar-refractivity contribution in [2.75, 3.05) is 12.4 Å². The highest BCUT2D eigenvalue weighted by Gasteiger charge is 2.01. The van der Waals surface area contributed by atoms with Crippen LogP contribution in [0.25, 0.3) is 0 Å². The lowest BCUT2D eigenvalue weighted by atomic mass is 10.1. The molecule has 0 atom stereocenters. The van der Waals surface area contributed by atoms with Crippen molar-refractivity contribution in [1.29, 1.82) is 0 Å². The largest absolute Gasteiger partial charge is 0.492 e. The minimum Gasteiger partial charge on any atom is -0.492 e. The first-order valence-electron chi connectivity index (χ1n) is 6.00. The predicted molar refractivity (Wildman–Crippen MR) is 74.1 cm³/mol. The molecule has 0 bridgehead atoms. The van der Waals surface area contributed by atoms with Gasteiger partial charge in [0.1, 0.15) is 5.75 Å². The van der Waals surface area contributed by atoms with Gasteiger partial charge in [0.2, 0.25) is 0 Å². The fourth-order valence-electron chi connectivity index (χ4n) is 1.58. The van der Waals surface area contributed by atoms with Gasteiger partial charge < -0.3 is 4.74 Å². The van der Waals surface area contributed by atoms with Gasteiger partial charge in [-0.1, -0.05) is 36.9 Å². The second-order valence-electron chi connectivity index (χ2n) is 3.69. The van der Waals surface area contributed by atoms with E-state index in [-0.39, 0.29) is 0 Å². The van der Waals surface area contributed by atoms with Crippen molar-refractivity contribution in [3.8, 4) is 5.75 Å². The van der Waals surface area contributed by atoms with E-state index in [9.17, 15) is 0 Å². The third kappa shape index (κ3) is 3.74. The molecule has 1 heterocycles. The Bertz CT molecular complexity index is 476. The number of thioether (sulfide) groups is 1. The molecular weight excluding hydrogens is 244 g/mol. The maximum atomic E-state index is 5.77. The summed E-state index contributed by atoms with van der Waals surface area (Å²) in [6.45, 7) is 2.80. The molecule has 2 rings (SSSR count). The first kappa shape index (κ1) is 12.9. The average Bonchev–Trinajstić information content (AvgIpc) is 2.45. The second-order valence-corrected chi connectivity index (χ2v) is 4.75. The first-order chi connectivity index (χ1) is 8.90. The number of hydrogen-bond acceptors (Lipinski definition) is 4. The van der Waals surface area contributed by atoms with E-state index in [1.54, 1.807) is 24.2 Å².